The normalized spacial score (nSPS) is 12.4. The van der Waals surface area contributed by atoms with Crippen LogP contribution in [0.1, 0.15) is 31.2 Å². The number of nitrogens with one attached hydrogen (secondary N) is 1. The molecule has 0 aliphatic rings. The highest BCUT2D eigenvalue weighted by Gasteiger charge is 2.17. The quantitative estimate of drug-likeness (QED) is 0.779. The molecule has 0 unspecified atom stereocenters. The Morgan fingerprint density at radius 3 is 2.80 bits per heavy atom. The third kappa shape index (κ3) is 3.83. The van der Waals surface area contributed by atoms with E-state index in [1.54, 1.807) is 0 Å². The van der Waals surface area contributed by atoms with Crippen molar-refractivity contribution in [2.24, 2.45) is 0 Å². The first kappa shape index (κ1) is 11.9. The summed E-state index contributed by atoms with van der Waals surface area (Å²) in [5.41, 5.74) is 0. The van der Waals surface area contributed by atoms with E-state index in [9.17, 15) is 4.79 Å². The minimum absolute atomic E-state index is 0.558. The van der Waals surface area contributed by atoms with E-state index in [-0.39, 0.29) is 0 Å². The molecule has 1 heterocycles. The van der Waals surface area contributed by atoms with Gasteiger partial charge in [-0.2, -0.15) is 0 Å². The van der Waals surface area contributed by atoms with Crippen molar-refractivity contribution in [2.75, 3.05) is 5.32 Å². The molecule has 0 amide bonds. The summed E-state index contributed by atoms with van der Waals surface area (Å²) in [6.45, 7) is 3.87. The third-order valence-corrected chi connectivity index (χ3v) is 2.74. The van der Waals surface area contributed by atoms with Crippen molar-refractivity contribution in [3.8, 4) is 0 Å². The van der Waals surface area contributed by atoms with Crippen molar-refractivity contribution in [1.82, 2.24) is 10.2 Å². The van der Waals surface area contributed by atoms with Crippen molar-refractivity contribution in [1.29, 1.82) is 0 Å². The molecule has 1 atom stereocenters. The van der Waals surface area contributed by atoms with Crippen molar-refractivity contribution in [3.63, 3.8) is 0 Å². The first-order chi connectivity index (χ1) is 7.13. The molecule has 0 saturated carbocycles. The lowest BCUT2D eigenvalue weighted by Gasteiger charge is -2.11. The molecule has 0 fully saturated rings. The zero-order valence-corrected chi connectivity index (χ0v) is 9.67. The second-order valence-electron chi connectivity index (χ2n) is 3.30. The molecule has 1 aromatic rings. The number of unbranched alkanes of at least 4 members (excludes halogenated alkanes) is 1. The Kier molecular flexibility index (Phi) is 4.48. The number of carboxylic acid groups (broad SMARTS) is 1. The third-order valence-electron chi connectivity index (χ3n) is 1.97. The van der Waals surface area contributed by atoms with Crippen molar-refractivity contribution >= 4 is 22.4 Å². The second kappa shape index (κ2) is 5.65. The first-order valence-corrected chi connectivity index (χ1v) is 5.74. The highest BCUT2D eigenvalue weighted by atomic mass is 32.1. The summed E-state index contributed by atoms with van der Waals surface area (Å²) in [6.07, 6.45) is 2.49. The SMILES string of the molecule is CCCC[C@H](Nc1nnc(C)s1)C(=O)O. The average Bonchev–Trinajstić information content (AvgIpc) is 2.58. The van der Waals surface area contributed by atoms with Crippen LogP contribution in [0.25, 0.3) is 0 Å². The fourth-order valence-electron chi connectivity index (χ4n) is 1.17. The van der Waals surface area contributed by atoms with Crippen molar-refractivity contribution < 1.29 is 9.90 Å². The van der Waals surface area contributed by atoms with Crippen LogP contribution in [0.5, 0.6) is 0 Å². The number of aromatic nitrogens is 2. The minimum Gasteiger partial charge on any atom is -0.480 e. The summed E-state index contributed by atoms with van der Waals surface area (Å²) >= 11 is 1.37. The number of hydrogen-bond donors (Lipinski definition) is 2. The van der Waals surface area contributed by atoms with Gasteiger partial charge in [0.1, 0.15) is 11.0 Å². The molecule has 0 bridgehead atoms. The molecule has 0 aliphatic carbocycles. The van der Waals surface area contributed by atoms with Crippen molar-refractivity contribution in [3.05, 3.63) is 5.01 Å². The van der Waals surface area contributed by atoms with E-state index in [1.165, 1.54) is 11.3 Å². The Balaban J connectivity index is 2.54. The molecule has 5 nitrogen and oxygen atoms in total. The van der Waals surface area contributed by atoms with Crippen LogP contribution >= 0.6 is 11.3 Å². The molecule has 84 valence electrons. The first-order valence-electron chi connectivity index (χ1n) is 4.93. The molecule has 1 aromatic heterocycles. The van der Waals surface area contributed by atoms with Gasteiger partial charge in [-0.05, 0) is 13.3 Å². The molecule has 0 aromatic carbocycles. The van der Waals surface area contributed by atoms with Crippen LogP contribution in [0.15, 0.2) is 0 Å². The topological polar surface area (TPSA) is 75.1 Å². The molecule has 0 radical (unpaired) electrons. The van der Waals surface area contributed by atoms with Gasteiger partial charge in [0.05, 0.1) is 0 Å². The number of hydrogen-bond acceptors (Lipinski definition) is 5. The Hall–Kier alpha value is -1.17. The van der Waals surface area contributed by atoms with Gasteiger partial charge in [-0.15, -0.1) is 10.2 Å². The van der Waals surface area contributed by atoms with Crippen molar-refractivity contribution in [2.45, 2.75) is 39.2 Å². The maximum absolute atomic E-state index is 10.9. The van der Waals surface area contributed by atoms with Crippen LogP contribution in [0.3, 0.4) is 0 Å². The van der Waals surface area contributed by atoms with Gasteiger partial charge >= 0.3 is 5.97 Å². The van der Waals surface area contributed by atoms with E-state index in [4.69, 9.17) is 5.11 Å². The molecule has 0 saturated heterocycles. The molecular weight excluding hydrogens is 214 g/mol. The number of nitrogens with zero attached hydrogens (tertiary/aromatic N) is 2. The highest BCUT2D eigenvalue weighted by Crippen LogP contribution is 2.16. The lowest BCUT2D eigenvalue weighted by Crippen LogP contribution is -2.29. The van der Waals surface area contributed by atoms with E-state index in [0.717, 1.165) is 17.8 Å². The van der Waals surface area contributed by atoms with Gasteiger partial charge in [-0.1, -0.05) is 31.1 Å². The molecule has 2 N–H and O–H groups in total. The van der Waals surface area contributed by atoms with Gasteiger partial charge in [0.15, 0.2) is 0 Å². The maximum atomic E-state index is 10.9. The van der Waals surface area contributed by atoms with E-state index in [0.29, 0.717) is 11.6 Å². The predicted octanol–water partition coefficient (Wildman–Crippen LogP) is 1.90. The van der Waals surface area contributed by atoms with E-state index < -0.39 is 12.0 Å². The zero-order chi connectivity index (χ0) is 11.3. The van der Waals surface area contributed by atoms with E-state index in [2.05, 4.69) is 15.5 Å². The lowest BCUT2D eigenvalue weighted by atomic mass is 10.1. The van der Waals surface area contributed by atoms with Gasteiger partial charge < -0.3 is 10.4 Å². The fraction of sp³-hybridized carbons (Fsp3) is 0.667. The molecule has 1 rings (SSSR count). The highest BCUT2D eigenvalue weighted by molar-refractivity contribution is 7.15. The lowest BCUT2D eigenvalue weighted by molar-refractivity contribution is -0.138. The van der Waals surface area contributed by atoms with Crippen LogP contribution in [-0.2, 0) is 4.79 Å². The zero-order valence-electron chi connectivity index (χ0n) is 8.86. The fourth-order valence-corrected chi connectivity index (χ4v) is 1.81. The largest absolute Gasteiger partial charge is 0.480 e. The monoisotopic (exact) mass is 229 g/mol. The van der Waals surface area contributed by atoms with E-state index in [1.807, 2.05) is 13.8 Å². The number of carboxylic acids is 1. The molecule has 15 heavy (non-hydrogen) atoms. The van der Waals surface area contributed by atoms with Crippen LogP contribution in [0, 0.1) is 6.92 Å². The standard InChI is InChI=1S/C9H15N3O2S/c1-3-4-5-7(8(13)14)10-9-12-11-6(2)15-9/h7H,3-5H2,1-2H3,(H,10,12)(H,13,14)/t7-/m0/s1. The Morgan fingerprint density at radius 1 is 1.60 bits per heavy atom. The second-order valence-corrected chi connectivity index (χ2v) is 4.49. The summed E-state index contributed by atoms with van der Waals surface area (Å²) < 4.78 is 0. The van der Waals surface area contributed by atoms with Gasteiger partial charge in [-0.3, -0.25) is 0 Å². The van der Waals surface area contributed by atoms with Crippen LogP contribution in [-0.4, -0.2) is 27.3 Å². The van der Waals surface area contributed by atoms with E-state index >= 15 is 0 Å². The summed E-state index contributed by atoms with van der Waals surface area (Å²) in [7, 11) is 0. The Labute approximate surface area is 92.5 Å². The summed E-state index contributed by atoms with van der Waals surface area (Å²) in [4.78, 5) is 10.9. The Bertz CT molecular complexity index is 327. The summed E-state index contributed by atoms with van der Waals surface area (Å²) in [6, 6.07) is -0.558. The summed E-state index contributed by atoms with van der Waals surface area (Å²) in [5.74, 6) is -0.837. The number of aliphatic carboxylic acids is 1. The Morgan fingerprint density at radius 2 is 2.33 bits per heavy atom. The average molecular weight is 229 g/mol. The van der Waals surface area contributed by atoms with Crippen LogP contribution in [0.2, 0.25) is 0 Å². The minimum atomic E-state index is -0.837. The van der Waals surface area contributed by atoms with Gasteiger partial charge in [0.25, 0.3) is 0 Å². The smallest absolute Gasteiger partial charge is 0.326 e. The number of carbonyl (C=O) groups is 1. The van der Waals surface area contributed by atoms with Gasteiger partial charge in [0, 0.05) is 0 Å². The number of rotatable bonds is 6. The number of aryl methyl sites for hydroxylation is 1. The van der Waals surface area contributed by atoms with Gasteiger partial charge in [-0.25, -0.2) is 4.79 Å². The number of anilines is 1. The maximum Gasteiger partial charge on any atom is 0.326 e. The molecule has 0 aliphatic heterocycles. The molecular formula is C9H15N3O2S. The summed E-state index contributed by atoms with van der Waals surface area (Å²) in [5, 5.41) is 20.9. The molecule has 6 heteroatoms. The van der Waals surface area contributed by atoms with Crippen LogP contribution < -0.4 is 5.32 Å². The predicted molar refractivity (Wildman–Crippen MR) is 59.2 cm³/mol. The van der Waals surface area contributed by atoms with Gasteiger partial charge in [0.2, 0.25) is 5.13 Å². The van der Waals surface area contributed by atoms with Crippen LogP contribution in [0.4, 0.5) is 5.13 Å². The molecule has 0 spiro atoms.